The number of carbonyl (C=O) groups excluding carboxylic acids is 1. The monoisotopic (exact) mass is 301 g/mol. The van der Waals surface area contributed by atoms with Crippen molar-refractivity contribution < 1.29 is 22.7 Å². The Balaban J connectivity index is 2.62. The second kappa shape index (κ2) is 7.14. The summed E-state index contributed by atoms with van der Waals surface area (Å²) in [5, 5.41) is 0. The van der Waals surface area contributed by atoms with Crippen molar-refractivity contribution in [3.8, 4) is 5.75 Å². The van der Waals surface area contributed by atoms with Crippen LogP contribution in [0.4, 0.5) is 5.69 Å². The lowest BCUT2D eigenvalue weighted by Crippen LogP contribution is -2.17. The van der Waals surface area contributed by atoms with Gasteiger partial charge in [0.25, 0.3) is 0 Å². The third kappa shape index (κ3) is 5.08. The van der Waals surface area contributed by atoms with Crippen molar-refractivity contribution in [3.05, 3.63) is 23.8 Å². The molecule has 0 atom stereocenters. The smallest absolute Gasteiger partial charge is 0.338 e. The van der Waals surface area contributed by atoms with E-state index in [1.807, 2.05) is 0 Å². The maximum atomic E-state index is 11.8. The third-order valence-corrected chi connectivity index (χ3v) is 4.36. The lowest BCUT2D eigenvalue weighted by Gasteiger charge is -2.08. The summed E-state index contributed by atoms with van der Waals surface area (Å²) in [7, 11) is -1.70. The highest BCUT2D eigenvalue weighted by molar-refractivity contribution is 7.91. The number of rotatable bonds is 7. The standard InChI is InChI=1S/C13H19NO5S/c1-3-5-20(16,17)6-4-19-13(15)10-7-11(14)9-12(8-10)18-2/h7-9H,3-6,14H2,1-2H3. The van der Waals surface area contributed by atoms with E-state index in [1.54, 1.807) is 13.0 Å². The number of benzene rings is 1. The number of carbonyl (C=O) groups is 1. The van der Waals surface area contributed by atoms with Crippen LogP contribution in [0.1, 0.15) is 23.7 Å². The van der Waals surface area contributed by atoms with Crippen molar-refractivity contribution in [2.75, 3.05) is 31.0 Å². The molecule has 7 heteroatoms. The second-order valence-electron chi connectivity index (χ2n) is 4.28. The van der Waals surface area contributed by atoms with Crippen molar-refractivity contribution in [1.29, 1.82) is 0 Å². The average molecular weight is 301 g/mol. The minimum atomic E-state index is -3.16. The summed E-state index contributed by atoms with van der Waals surface area (Å²) in [5.41, 5.74) is 6.23. The summed E-state index contributed by atoms with van der Waals surface area (Å²) in [5.74, 6) is -0.263. The van der Waals surface area contributed by atoms with Gasteiger partial charge in [0.15, 0.2) is 9.84 Å². The van der Waals surface area contributed by atoms with Crippen LogP contribution >= 0.6 is 0 Å². The zero-order valence-electron chi connectivity index (χ0n) is 11.6. The van der Waals surface area contributed by atoms with Crippen LogP contribution in [0.2, 0.25) is 0 Å². The fourth-order valence-electron chi connectivity index (χ4n) is 1.62. The number of methoxy groups -OCH3 is 1. The first-order chi connectivity index (χ1) is 9.38. The van der Waals surface area contributed by atoms with Gasteiger partial charge in [-0.05, 0) is 18.6 Å². The van der Waals surface area contributed by atoms with Gasteiger partial charge in [-0.2, -0.15) is 0 Å². The summed E-state index contributed by atoms with van der Waals surface area (Å²) < 4.78 is 32.9. The minimum absolute atomic E-state index is 0.0939. The van der Waals surface area contributed by atoms with Crippen LogP contribution in [0.5, 0.6) is 5.75 Å². The number of ether oxygens (including phenoxy) is 2. The van der Waals surface area contributed by atoms with E-state index in [9.17, 15) is 13.2 Å². The Hall–Kier alpha value is -1.76. The maximum absolute atomic E-state index is 11.8. The summed E-state index contributed by atoms with van der Waals surface area (Å²) in [6.07, 6.45) is 0.544. The van der Waals surface area contributed by atoms with Gasteiger partial charge in [0, 0.05) is 11.8 Å². The zero-order chi connectivity index (χ0) is 15.2. The highest BCUT2D eigenvalue weighted by Gasteiger charge is 2.13. The van der Waals surface area contributed by atoms with Gasteiger partial charge in [-0.25, -0.2) is 13.2 Å². The van der Waals surface area contributed by atoms with E-state index < -0.39 is 15.8 Å². The van der Waals surface area contributed by atoms with Gasteiger partial charge < -0.3 is 15.2 Å². The predicted molar refractivity (Wildman–Crippen MR) is 76.6 cm³/mol. The molecule has 0 saturated carbocycles. The number of hydrogen-bond donors (Lipinski definition) is 1. The van der Waals surface area contributed by atoms with Crippen molar-refractivity contribution in [3.63, 3.8) is 0 Å². The first kappa shape index (κ1) is 16.3. The lowest BCUT2D eigenvalue weighted by molar-refractivity contribution is 0.0529. The molecule has 0 aromatic heterocycles. The number of anilines is 1. The molecule has 0 aliphatic rings. The average Bonchev–Trinajstić information content (AvgIpc) is 2.37. The lowest BCUT2D eigenvalue weighted by atomic mass is 10.2. The summed E-state index contributed by atoms with van der Waals surface area (Å²) in [6, 6.07) is 4.51. The molecule has 0 unspecified atom stereocenters. The van der Waals surface area contributed by atoms with Crippen LogP contribution in [-0.4, -0.2) is 39.6 Å². The Labute approximate surface area is 118 Å². The fraction of sp³-hybridized carbons (Fsp3) is 0.462. The molecule has 0 heterocycles. The maximum Gasteiger partial charge on any atom is 0.338 e. The third-order valence-electron chi connectivity index (χ3n) is 2.54. The number of nitrogens with two attached hydrogens (primary N) is 1. The minimum Gasteiger partial charge on any atom is -0.497 e. The van der Waals surface area contributed by atoms with E-state index in [4.69, 9.17) is 15.2 Å². The highest BCUT2D eigenvalue weighted by atomic mass is 32.2. The molecule has 0 radical (unpaired) electrons. The molecule has 1 rings (SSSR count). The predicted octanol–water partition coefficient (Wildman–Crippen LogP) is 1.26. The molecule has 0 bridgehead atoms. The van der Waals surface area contributed by atoms with Gasteiger partial charge in [-0.15, -0.1) is 0 Å². The van der Waals surface area contributed by atoms with Crippen LogP contribution in [0.15, 0.2) is 18.2 Å². The van der Waals surface area contributed by atoms with Crippen LogP contribution < -0.4 is 10.5 Å². The number of hydrogen-bond acceptors (Lipinski definition) is 6. The van der Waals surface area contributed by atoms with E-state index >= 15 is 0 Å². The Kier molecular flexibility index (Phi) is 5.82. The normalized spacial score (nSPS) is 11.1. The molecule has 0 amide bonds. The first-order valence-electron chi connectivity index (χ1n) is 6.20. The Morgan fingerprint density at radius 2 is 1.95 bits per heavy atom. The molecule has 0 fully saturated rings. The molecular weight excluding hydrogens is 282 g/mol. The van der Waals surface area contributed by atoms with Gasteiger partial charge in [-0.1, -0.05) is 6.92 Å². The van der Waals surface area contributed by atoms with E-state index in [0.717, 1.165) is 0 Å². The SMILES string of the molecule is CCCS(=O)(=O)CCOC(=O)c1cc(N)cc(OC)c1. The van der Waals surface area contributed by atoms with E-state index in [1.165, 1.54) is 19.2 Å². The molecule has 1 aromatic carbocycles. The van der Waals surface area contributed by atoms with Gasteiger partial charge in [0.2, 0.25) is 0 Å². The van der Waals surface area contributed by atoms with Gasteiger partial charge in [0.1, 0.15) is 12.4 Å². The molecule has 0 aliphatic carbocycles. The Morgan fingerprint density at radius 1 is 1.25 bits per heavy atom. The van der Waals surface area contributed by atoms with E-state index in [2.05, 4.69) is 0 Å². The van der Waals surface area contributed by atoms with Crippen molar-refractivity contribution in [2.24, 2.45) is 0 Å². The van der Waals surface area contributed by atoms with E-state index in [0.29, 0.717) is 17.9 Å². The number of esters is 1. The summed E-state index contributed by atoms with van der Waals surface area (Å²) >= 11 is 0. The second-order valence-corrected chi connectivity index (χ2v) is 6.59. The molecule has 2 N–H and O–H groups in total. The molecule has 6 nitrogen and oxygen atoms in total. The van der Waals surface area contributed by atoms with Crippen LogP contribution in [0.3, 0.4) is 0 Å². The highest BCUT2D eigenvalue weighted by Crippen LogP contribution is 2.19. The molecule has 112 valence electrons. The number of sulfone groups is 1. The summed E-state index contributed by atoms with van der Waals surface area (Å²) in [6.45, 7) is 1.61. The molecule has 20 heavy (non-hydrogen) atoms. The van der Waals surface area contributed by atoms with Crippen molar-refractivity contribution in [1.82, 2.24) is 0 Å². The van der Waals surface area contributed by atoms with Crippen molar-refractivity contribution in [2.45, 2.75) is 13.3 Å². The molecule has 0 aliphatic heterocycles. The largest absolute Gasteiger partial charge is 0.497 e. The van der Waals surface area contributed by atoms with Crippen LogP contribution in [0.25, 0.3) is 0 Å². The quantitative estimate of drug-likeness (QED) is 0.601. The number of nitrogen functional groups attached to an aromatic ring is 1. The Morgan fingerprint density at radius 3 is 2.55 bits per heavy atom. The molecule has 0 spiro atoms. The van der Waals surface area contributed by atoms with Crippen LogP contribution in [0, 0.1) is 0 Å². The Bertz CT molecular complexity index is 568. The first-order valence-corrected chi connectivity index (χ1v) is 8.02. The van der Waals surface area contributed by atoms with Crippen molar-refractivity contribution >= 4 is 21.5 Å². The van der Waals surface area contributed by atoms with Gasteiger partial charge in [-0.3, -0.25) is 0 Å². The van der Waals surface area contributed by atoms with E-state index in [-0.39, 0.29) is 23.7 Å². The molecular formula is C13H19NO5S. The topological polar surface area (TPSA) is 95.7 Å². The zero-order valence-corrected chi connectivity index (χ0v) is 12.4. The fourth-order valence-corrected chi connectivity index (χ4v) is 2.78. The van der Waals surface area contributed by atoms with Crippen LogP contribution in [-0.2, 0) is 14.6 Å². The van der Waals surface area contributed by atoms with Gasteiger partial charge in [0.05, 0.1) is 24.2 Å². The molecule has 1 aromatic rings. The van der Waals surface area contributed by atoms with Gasteiger partial charge >= 0.3 is 5.97 Å². The molecule has 0 saturated heterocycles. The summed E-state index contributed by atoms with van der Waals surface area (Å²) in [4.78, 5) is 11.8.